The van der Waals surface area contributed by atoms with E-state index in [4.69, 9.17) is 14.5 Å². The zero-order valence-corrected chi connectivity index (χ0v) is 20.1. The second-order valence-electron chi connectivity index (χ2n) is 8.91. The number of nitrogens with zero attached hydrogens (tertiary/aromatic N) is 1. The van der Waals surface area contributed by atoms with Crippen LogP contribution < -0.4 is 15.0 Å². The van der Waals surface area contributed by atoms with Crippen molar-refractivity contribution in [1.29, 1.82) is 0 Å². The first kappa shape index (κ1) is 21.7. The standard InChI is InChI=1S/C27H28N2O3S/c1-16-4-11-22-23(14-16)33-27-24(22)26(30)28-25(29-27)19-6-9-20(10-7-19)31-12-13-32-21-8-5-17(2)18(3)15-21/h5-10,15-16H,4,11-14H2,1-3H3,(H,28,29,30)/t16-/m1/s1. The van der Waals surface area contributed by atoms with E-state index in [1.165, 1.54) is 21.6 Å². The van der Waals surface area contributed by atoms with E-state index in [9.17, 15) is 4.79 Å². The molecule has 2 aromatic carbocycles. The summed E-state index contributed by atoms with van der Waals surface area (Å²) in [6, 6.07) is 13.7. The number of rotatable bonds is 6. The fraction of sp³-hybridized carbons (Fsp3) is 0.333. The Morgan fingerprint density at radius 3 is 2.52 bits per heavy atom. The molecular weight excluding hydrogens is 432 g/mol. The van der Waals surface area contributed by atoms with Crippen LogP contribution >= 0.6 is 11.3 Å². The highest BCUT2D eigenvalue weighted by molar-refractivity contribution is 7.18. The summed E-state index contributed by atoms with van der Waals surface area (Å²) in [5, 5.41) is 0.786. The Kier molecular flexibility index (Phi) is 5.94. The molecule has 0 amide bonds. The number of nitrogens with one attached hydrogen (secondary N) is 1. The third-order valence-corrected chi connectivity index (χ3v) is 7.54. The molecule has 0 aliphatic heterocycles. The number of hydrogen-bond acceptors (Lipinski definition) is 5. The molecule has 0 fully saturated rings. The molecule has 5 rings (SSSR count). The number of benzene rings is 2. The second kappa shape index (κ2) is 9.02. The molecule has 1 atom stereocenters. The average Bonchev–Trinajstić information content (AvgIpc) is 3.17. The Balaban J connectivity index is 1.25. The minimum Gasteiger partial charge on any atom is -0.490 e. The monoisotopic (exact) mass is 460 g/mol. The molecule has 6 heteroatoms. The minimum atomic E-state index is -0.0362. The molecule has 0 spiro atoms. The number of ether oxygens (including phenoxy) is 2. The third-order valence-electron chi connectivity index (χ3n) is 6.39. The maximum absolute atomic E-state index is 12.9. The highest BCUT2D eigenvalue weighted by Gasteiger charge is 2.23. The number of hydrogen-bond donors (Lipinski definition) is 1. The first-order valence-corrected chi connectivity index (χ1v) is 12.3. The lowest BCUT2D eigenvalue weighted by Crippen LogP contribution is -2.13. The molecule has 0 radical (unpaired) electrons. The van der Waals surface area contributed by atoms with E-state index < -0.39 is 0 Å². The van der Waals surface area contributed by atoms with Crippen LogP contribution in [-0.4, -0.2) is 23.2 Å². The predicted octanol–water partition coefficient (Wildman–Crippen LogP) is 5.85. The largest absolute Gasteiger partial charge is 0.490 e. The van der Waals surface area contributed by atoms with Crippen molar-refractivity contribution in [3.63, 3.8) is 0 Å². The SMILES string of the molecule is Cc1ccc(OCCOc2ccc(-c3nc4sc5c(c4c(=O)[nH]3)CC[C@@H](C)C5)cc2)cc1C. The van der Waals surface area contributed by atoms with Crippen LogP contribution in [0.15, 0.2) is 47.3 Å². The predicted molar refractivity (Wildman–Crippen MR) is 134 cm³/mol. The van der Waals surface area contributed by atoms with E-state index in [2.05, 4.69) is 31.8 Å². The molecule has 2 heterocycles. The summed E-state index contributed by atoms with van der Waals surface area (Å²) in [5.74, 6) is 2.88. The van der Waals surface area contributed by atoms with Gasteiger partial charge in [0, 0.05) is 10.4 Å². The van der Waals surface area contributed by atoms with Gasteiger partial charge < -0.3 is 14.5 Å². The Labute approximate surface area is 197 Å². The fourth-order valence-electron chi connectivity index (χ4n) is 4.32. The normalized spacial score (nSPS) is 15.4. The lowest BCUT2D eigenvalue weighted by atomic mass is 9.89. The lowest BCUT2D eigenvalue weighted by molar-refractivity contribution is 0.217. The van der Waals surface area contributed by atoms with Gasteiger partial charge in [-0.25, -0.2) is 4.98 Å². The van der Waals surface area contributed by atoms with Crippen LogP contribution in [-0.2, 0) is 12.8 Å². The molecule has 0 saturated carbocycles. The van der Waals surface area contributed by atoms with Gasteiger partial charge in [-0.15, -0.1) is 11.3 Å². The van der Waals surface area contributed by atoms with Crippen LogP contribution in [0.1, 0.15) is 34.9 Å². The number of H-pyrrole nitrogens is 1. The molecular formula is C27H28N2O3S. The average molecular weight is 461 g/mol. The first-order chi connectivity index (χ1) is 16.0. The van der Waals surface area contributed by atoms with Gasteiger partial charge in [0.05, 0.1) is 5.39 Å². The Morgan fingerprint density at radius 1 is 1.03 bits per heavy atom. The smallest absolute Gasteiger partial charge is 0.260 e. The molecule has 170 valence electrons. The number of fused-ring (bicyclic) bond motifs is 3. The molecule has 33 heavy (non-hydrogen) atoms. The second-order valence-corrected chi connectivity index (χ2v) is 10.00. The Hall–Kier alpha value is -3.12. The molecule has 1 N–H and O–H groups in total. The molecule has 2 aromatic heterocycles. The maximum atomic E-state index is 12.9. The van der Waals surface area contributed by atoms with Gasteiger partial charge in [-0.3, -0.25) is 4.79 Å². The van der Waals surface area contributed by atoms with Crippen molar-refractivity contribution < 1.29 is 9.47 Å². The zero-order valence-electron chi connectivity index (χ0n) is 19.2. The summed E-state index contributed by atoms with van der Waals surface area (Å²) in [5.41, 5.74) is 4.51. The van der Waals surface area contributed by atoms with Gasteiger partial charge in [-0.1, -0.05) is 13.0 Å². The van der Waals surface area contributed by atoms with Gasteiger partial charge in [-0.05, 0) is 92.1 Å². The van der Waals surface area contributed by atoms with E-state index in [0.717, 1.165) is 46.5 Å². The van der Waals surface area contributed by atoms with E-state index in [-0.39, 0.29) is 5.56 Å². The van der Waals surface area contributed by atoms with E-state index in [1.54, 1.807) is 11.3 Å². The van der Waals surface area contributed by atoms with Gasteiger partial charge in [0.15, 0.2) is 0 Å². The molecule has 1 aliphatic rings. The molecule has 0 unspecified atom stereocenters. The highest BCUT2D eigenvalue weighted by atomic mass is 32.1. The van der Waals surface area contributed by atoms with Gasteiger partial charge >= 0.3 is 0 Å². The summed E-state index contributed by atoms with van der Waals surface area (Å²) in [6.45, 7) is 7.36. The van der Waals surface area contributed by atoms with Crippen molar-refractivity contribution in [3.8, 4) is 22.9 Å². The molecule has 1 aliphatic carbocycles. The van der Waals surface area contributed by atoms with Crippen molar-refractivity contribution in [2.45, 2.75) is 40.0 Å². The van der Waals surface area contributed by atoms with Gasteiger partial charge in [0.25, 0.3) is 5.56 Å². The van der Waals surface area contributed by atoms with Crippen molar-refractivity contribution >= 4 is 21.6 Å². The fourth-order valence-corrected chi connectivity index (χ4v) is 5.70. The summed E-state index contributed by atoms with van der Waals surface area (Å²) >= 11 is 1.67. The Bertz CT molecular complexity index is 1350. The molecule has 0 bridgehead atoms. The highest BCUT2D eigenvalue weighted by Crippen LogP contribution is 2.36. The molecule has 4 aromatic rings. The van der Waals surface area contributed by atoms with E-state index in [0.29, 0.717) is 25.0 Å². The quantitative estimate of drug-likeness (QED) is 0.367. The van der Waals surface area contributed by atoms with Crippen LogP contribution in [0.2, 0.25) is 0 Å². The third kappa shape index (κ3) is 4.53. The number of aromatic nitrogens is 2. The van der Waals surface area contributed by atoms with Crippen molar-refractivity contribution in [2.75, 3.05) is 13.2 Å². The van der Waals surface area contributed by atoms with Gasteiger partial charge in [0.1, 0.15) is 35.4 Å². The first-order valence-electron chi connectivity index (χ1n) is 11.5. The molecule has 5 nitrogen and oxygen atoms in total. The topological polar surface area (TPSA) is 64.2 Å². The van der Waals surface area contributed by atoms with E-state index >= 15 is 0 Å². The Morgan fingerprint density at radius 2 is 1.76 bits per heavy atom. The summed E-state index contributed by atoms with van der Waals surface area (Å²) in [7, 11) is 0. The summed E-state index contributed by atoms with van der Waals surface area (Å²) in [6.07, 6.45) is 3.15. The van der Waals surface area contributed by atoms with Crippen LogP contribution in [0.4, 0.5) is 0 Å². The van der Waals surface area contributed by atoms with Crippen molar-refractivity contribution in [3.05, 3.63) is 74.4 Å². The van der Waals surface area contributed by atoms with E-state index in [1.807, 2.05) is 36.4 Å². The summed E-state index contributed by atoms with van der Waals surface area (Å²) in [4.78, 5) is 22.8. The maximum Gasteiger partial charge on any atom is 0.260 e. The van der Waals surface area contributed by atoms with Gasteiger partial charge in [0.2, 0.25) is 0 Å². The van der Waals surface area contributed by atoms with Crippen molar-refractivity contribution in [1.82, 2.24) is 9.97 Å². The van der Waals surface area contributed by atoms with Gasteiger partial charge in [-0.2, -0.15) is 0 Å². The zero-order chi connectivity index (χ0) is 22.9. The van der Waals surface area contributed by atoms with Crippen molar-refractivity contribution in [2.24, 2.45) is 5.92 Å². The lowest BCUT2D eigenvalue weighted by Gasteiger charge is -2.17. The number of aromatic amines is 1. The summed E-state index contributed by atoms with van der Waals surface area (Å²) < 4.78 is 11.6. The number of aryl methyl sites for hydroxylation is 3. The van der Waals surface area contributed by atoms with Crippen LogP contribution in [0.25, 0.3) is 21.6 Å². The minimum absolute atomic E-state index is 0.0362. The van der Waals surface area contributed by atoms with Crippen LogP contribution in [0, 0.1) is 19.8 Å². The molecule has 0 saturated heterocycles. The van der Waals surface area contributed by atoms with Crippen LogP contribution in [0.3, 0.4) is 0 Å². The van der Waals surface area contributed by atoms with Crippen LogP contribution in [0.5, 0.6) is 11.5 Å². The number of thiophene rings is 1.